The lowest BCUT2D eigenvalue weighted by molar-refractivity contribution is 0.297. The van der Waals surface area contributed by atoms with E-state index < -0.39 is 0 Å². The first kappa shape index (κ1) is 17.0. The smallest absolute Gasteiger partial charge is 0.182 e. The minimum absolute atomic E-state index is 0.683. The topological polar surface area (TPSA) is 55.2 Å². The molecule has 134 valence electrons. The molecule has 2 aliphatic heterocycles. The Labute approximate surface area is 157 Å². The van der Waals surface area contributed by atoms with Crippen molar-refractivity contribution in [3.05, 3.63) is 53.1 Å². The fourth-order valence-electron chi connectivity index (χ4n) is 2.90. The number of rotatable bonds is 2. The van der Waals surface area contributed by atoms with Gasteiger partial charge < -0.3 is 9.47 Å². The fourth-order valence-corrected chi connectivity index (χ4v) is 3.68. The fraction of sp³-hybridized carbons (Fsp3) is 0.300. The zero-order valence-electron chi connectivity index (χ0n) is 14.9. The van der Waals surface area contributed by atoms with Crippen LogP contribution < -0.4 is 14.9 Å². The number of amidine groups is 1. The van der Waals surface area contributed by atoms with Crippen molar-refractivity contribution in [3.8, 4) is 11.5 Å². The number of hydrogen-bond donors (Lipinski definition) is 1. The first-order chi connectivity index (χ1) is 12.7. The number of fused-ring (bicyclic) bond motifs is 1. The molecule has 0 fully saturated rings. The predicted octanol–water partition coefficient (Wildman–Crippen LogP) is 4.19. The number of ether oxygens (including phenoxy) is 2. The number of nitrogens with one attached hydrogen (secondary N) is 1. The maximum Gasteiger partial charge on any atom is 0.182 e. The lowest BCUT2D eigenvalue weighted by Gasteiger charge is -2.16. The zero-order valence-corrected chi connectivity index (χ0v) is 15.7. The molecule has 6 heteroatoms. The Kier molecular flexibility index (Phi) is 4.84. The van der Waals surface area contributed by atoms with E-state index in [0.29, 0.717) is 13.2 Å². The van der Waals surface area contributed by atoms with Crippen molar-refractivity contribution in [3.63, 3.8) is 0 Å². The summed E-state index contributed by atoms with van der Waals surface area (Å²) < 4.78 is 11.5. The predicted molar refractivity (Wildman–Crippen MR) is 107 cm³/mol. The van der Waals surface area contributed by atoms with Crippen LogP contribution in [0.5, 0.6) is 11.5 Å². The van der Waals surface area contributed by atoms with Crippen molar-refractivity contribution < 1.29 is 9.47 Å². The molecule has 0 aromatic heterocycles. The Hall–Kier alpha value is -2.47. The number of aryl methyl sites for hydroxylation is 2. The number of aliphatic imine (C=N–C) groups is 1. The van der Waals surface area contributed by atoms with Crippen molar-refractivity contribution in [2.24, 2.45) is 10.1 Å². The molecule has 2 aromatic carbocycles. The largest absolute Gasteiger partial charge is 0.490 e. The molecule has 4 rings (SSSR count). The molecule has 0 saturated carbocycles. The maximum atomic E-state index is 5.77. The molecule has 0 unspecified atom stereocenters. The molecule has 0 radical (unpaired) electrons. The molecule has 0 spiro atoms. The highest BCUT2D eigenvalue weighted by molar-refractivity contribution is 8.14. The van der Waals surface area contributed by atoms with E-state index in [0.717, 1.165) is 51.4 Å². The molecule has 26 heavy (non-hydrogen) atoms. The first-order valence-electron chi connectivity index (χ1n) is 8.70. The van der Waals surface area contributed by atoms with E-state index in [1.54, 1.807) is 11.8 Å². The molecule has 2 aliphatic rings. The van der Waals surface area contributed by atoms with Crippen molar-refractivity contribution in [2.45, 2.75) is 20.3 Å². The van der Waals surface area contributed by atoms with Crippen LogP contribution in [-0.2, 0) is 0 Å². The minimum atomic E-state index is 0.683. The Morgan fingerprint density at radius 3 is 2.65 bits per heavy atom. The molecular weight excluding hydrogens is 346 g/mol. The van der Waals surface area contributed by atoms with Gasteiger partial charge in [0.05, 0.1) is 24.6 Å². The van der Waals surface area contributed by atoms with Crippen LogP contribution in [0.3, 0.4) is 0 Å². The molecule has 0 bridgehead atoms. The van der Waals surface area contributed by atoms with Crippen molar-refractivity contribution in [2.75, 3.05) is 19.0 Å². The second-order valence-electron chi connectivity index (χ2n) is 6.38. The Balaban J connectivity index is 1.52. The maximum absolute atomic E-state index is 5.77. The van der Waals surface area contributed by atoms with Gasteiger partial charge in [-0.05, 0) is 43.7 Å². The molecular formula is C20H21N3O2S. The van der Waals surface area contributed by atoms with Gasteiger partial charge in [-0.2, -0.15) is 5.10 Å². The molecule has 0 atom stereocenters. The van der Waals surface area contributed by atoms with Crippen molar-refractivity contribution >= 4 is 28.3 Å². The second kappa shape index (κ2) is 7.41. The normalized spacial score (nSPS) is 18.1. The Morgan fingerprint density at radius 1 is 1.04 bits per heavy atom. The highest BCUT2D eigenvalue weighted by atomic mass is 32.2. The standard InChI is InChI=1S/C20H21N3O2S/c1-13-4-6-16(14(2)10-13)21-20-23-22-17(12-26-20)15-5-7-18-19(11-15)25-9-3-8-24-18/h4-7,10-11H,3,8-9,12H2,1-2H3,(H,21,23). The van der Waals surface area contributed by atoms with Crippen LogP contribution in [0, 0.1) is 13.8 Å². The van der Waals surface area contributed by atoms with Crippen LogP contribution in [0.25, 0.3) is 0 Å². The monoisotopic (exact) mass is 367 g/mol. The molecule has 2 heterocycles. The van der Waals surface area contributed by atoms with Crippen molar-refractivity contribution in [1.82, 2.24) is 5.43 Å². The van der Waals surface area contributed by atoms with Crippen molar-refractivity contribution in [1.29, 1.82) is 0 Å². The van der Waals surface area contributed by atoms with E-state index in [1.165, 1.54) is 5.56 Å². The average Bonchev–Trinajstić information content (AvgIpc) is 2.89. The number of nitrogens with zero attached hydrogens (tertiary/aromatic N) is 2. The minimum Gasteiger partial charge on any atom is -0.490 e. The number of thioether (sulfide) groups is 1. The first-order valence-corrected chi connectivity index (χ1v) is 9.69. The third kappa shape index (κ3) is 3.70. The van der Waals surface area contributed by atoms with Gasteiger partial charge >= 0.3 is 0 Å². The summed E-state index contributed by atoms with van der Waals surface area (Å²) in [7, 11) is 0. The molecule has 0 saturated heterocycles. The molecule has 0 aliphatic carbocycles. The summed E-state index contributed by atoms with van der Waals surface area (Å²) in [6.45, 7) is 5.54. The molecule has 1 N–H and O–H groups in total. The number of hydrazone groups is 1. The summed E-state index contributed by atoms with van der Waals surface area (Å²) in [5, 5.41) is 5.33. The highest BCUT2D eigenvalue weighted by Gasteiger charge is 2.17. The van der Waals surface area contributed by atoms with Gasteiger partial charge in [-0.25, -0.2) is 4.99 Å². The summed E-state index contributed by atoms with van der Waals surface area (Å²) in [5.74, 6) is 2.36. The SMILES string of the molecule is Cc1ccc(N=C2NN=C(c3ccc4c(c3)OCCCO4)CS2)c(C)c1. The van der Waals surface area contributed by atoms with E-state index in [1.807, 2.05) is 24.3 Å². The second-order valence-corrected chi connectivity index (χ2v) is 7.34. The van der Waals surface area contributed by atoms with E-state index in [4.69, 9.17) is 9.47 Å². The summed E-state index contributed by atoms with van der Waals surface area (Å²) >= 11 is 1.65. The molecule has 0 amide bonds. The van der Waals surface area contributed by atoms with Crippen LogP contribution >= 0.6 is 11.8 Å². The van der Waals surface area contributed by atoms with E-state index in [-0.39, 0.29) is 0 Å². The quantitative estimate of drug-likeness (QED) is 0.865. The zero-order chi connectivity index (χ0) is 17.9. The summed E-state index contributed by atoms with van der Waals surface area (Å²) in [6.07, 6.45) is 0.903. The van der Waals surface area contributed by atoms with Gasteiger partial charge in [-0.3, -0.25) is 5.43 Å². The van der Waals surface area contributed by atoms with Crippen LogP contribution in [0.2, 0.25) is 0 Å². The summed E-state index contributed by atoms with van der Waals surface area (Å²) in [6, 6.07) is 12.3. The lowest BCUT2D eigenvalue weighted by Crippen LogP contribution is -2.25. The third-order valence-electron chi connectivity index (χ3n) is 4.29. The lowest BCUT2D eigenvalue weighted by atomic mass is 10.1. The van der Waals surface area contributed by atoms with Gasteiger partial charge in [-0.15, -0.1) is 0 Å². The van der Waals surface area contributed by atoms with Crippen LogP contribution in [0.15, 0.2) is 46.5 Å². The average molecular weight is 367 g/mol. The van der Waals surface area contributed by atoms with Crippen LogP contribution in [-0.4, -0.2) is 29.8 Å². The van der Waals surface area contributed by atoms with Gasteiger partial charge in [0.15, 0.2) is 16.7 Å². The van der Waals surface area contributed by atoms with Gasteiger partial charge in [0.1, 0.15) is 0 Å². The number of benzene rings is 2. The Bertz CT molecular complexity index is 893. The van der Waals surface area contributed by atoms with E-state index in [9.17, 15) is 0 Å². The third-order valence-corrected chi connectivity index (χ3v) is 5.16. The van der Waals surface area contributed by atoms with Gasteiger partial charge in [0.25, 0.3) is 0 Å². The van der Waals surface area contributed by atoms with Gasteiger partial charge in [0, 0.05) is 17.7 Å². The highest BCUT2D eigenvalue weighted by Crippen LogP contribution is 2.31. The van der Waals surface area contributed by atoms with Gasteiger partial charge in [0.2, 0.25) is 0 Å². The van der Waals surface area contributed by atoms with Crippen LogP contribution in [0.4, 0.5) is 5.69 Å². The molecule has 5 nitrogen and oxygen atoms in total. The van der Waals surface area contributed by atoms with Gasteiger partial charge in [-0.1, -0.05) is 29.5 Å². The van der Waals surface area contributed by atoms with Crippen LogP contribution in [0.1, 0.15) is 23.1 Å². The number of hydrogen-bond acceptors (Lipinski definition) is 5. The van der Waals surface area contributed by atoms with E-state index in [2.05, 4.69) is 41.5 Å². The van der Waals surface area contributed by atoms with E-state index >= 15 is 0 Å². The molecule has 2 aromatic rings. The summed E-state index contributed by atoms with van der Waals surface area (Å²) in [4.78, 5) is 4.69. The summed E-state index contributed by atoms with van der Waals surface area (Å²) in [5.41, 5.74) is 8.48. The Morgan fingerprint density at radius 2 is 1.88 bits per heavy atom.